The van der Waals surface area contributed by atoms with E-state index in [-0.39, 0.29) is 6.04 Å². The van der Waals surface area contributed by atoms with Crippen LogP contribution in [0.3, 0.4) is 0 Å². The molecule has 0 saturated carbocycles. The molecule has 0 amide bonds. The number of hydrogen-bond donors (Lipinski definition) is 1. The average molecular weight is 328 g/mol. The summed E-state index contributed by atoms with van der Waals surface area (Å²) in [5.41, 5.74) is 2.27. The highest BCUT2D eigenvalue weighted by atomic mass is 79.9. The molecule has 0 saturated heterocycles. The number of benzene rings is 1. The van der Waals surface area contributed by atoms with E-state index in [0.717, 1.165) is 21.0 Å². The summed E-state index contributed by atoms with van der Waals surface area (Å²) in [4.78, 5) is 8.61. The first kappa shape index (κ1) is 13.2. The number of nitrogens with zero attached hydrogens (tertiary/aromatic N) is 2. The van der Waals surface area contributed by atoms with Crippen LogP contribution in [-0.4, -0.2) is 17.0 Å². The monoisotopic (exact) mass is 327 g/mol. The van der Waals surface area contributed by atoms with Gasteiger partial charge in [0.25, 0.3) is 0 Å². The van der Waals surface area contributed by atoms with Crippen molar-refractivity contribution in [2.24, 2.45) is 0 Å². The van der Waals surface area contributed by atoms with Crippen molar-refractivity contribution in [3.63, 3.8) is 0 Å². The van der Waals surface area contributed by atoms with E-state index in [1.54, 1.807) is 6.20 Å². The Bertz CT molecular complexity index is 737. The minimum Gasteiger partial charge on any atom is -0.309 e. The maximum atomic E-state index is 4.36. The molecule has 2 heterocycles. The predicted octanol–water partition coefficient (Wildman–Crippen LogP) is 3.70. The van der Waals surface area contributed by atoms with Crippen molar-refractivity contribution in [3.05, 3.63) is 70.7 Å². The second kappa shape index (κ2) is 5.69. The maximum Gasteiger partial charge on any atom is 0.0611 e. The van der Waals surface area contributed by atoms with Crippen molar-refractivity contribution in [1.82, 2.24) is 15.3 Å². The molecule has 3 aromatic rings. The van der Waals surface area contributed by atoms with Crippen molar-refractivity contribution in [1.29, 1.82) is 0 Å². The number of halogens is 1. The van der Waals surface area contributed by atoms with Crippen molar-refractivity contribution in [2.75, 3.05) is 7.05 Å². The molecule has 0 aliphatic carbocycles. The van der Waals surface area contributed by atoms with Crippen LogP contribution < -0.4 is 5.32 Å². The minimum atomic E-state index is 0.0681. The second-order valence-corrected chi connectivity index (χ2v) is 5.52. The predicted molar refractivity (Wildman–Crippen MR) is 84.6 cm³/mol. The summed E-state index contributed by atoms with van der Waals surface area (Å²) in [5.74, 6) is 0. The van der Waals surface area contributed by atoms with Gasteiger partial charge in [0.2, 0.25) is 0 Å². The molecule has 4 heteroatoms. The standard InChI is InChI=1S/C16H14BrN3/c1-18-16(12-6-13(17)9-19-8-12)15-10-20-7-11-4-2-3-5-14(11)15/h2-10,16,18H,1H3. The van der Waals surface area contributed by atoms with Crippen LogP contribution in [0.1, 0.15) is 17.2 Å². The Labute approximate surface area is 126 Å². The van der Waals surface area contributed by atoms with Gasteiger partial charge in [-0.25, -0.2) is 0 Å². The Balaban J connectivity index is 2.17. The van der Waals surface area contributed by atoms with Gasteiger partial charge in [-0.15, -0.1) is 0 Å². The topological polar surface area (TPSA) is 37.8 Å². The first-order chi connectivity index (χ1) is 9.79. The summed E-state index contributed by atoms with van der Waals surface area (Å²) < 4.78 is 0.975. The van der Waals surface area contributed by atoms with E-state index in [9.17, 15) is 0 Å². The summed E-state index contributed by atoms with van der Waals surface area (Å²) in [5, 5.41) is 5.71. The molecule has 1 N–H and O–H groups in total. The Kier molecular flexibility index (Phi) is 3.76. The molecule has 100 valence electrons. The van der Waals surface area contributed by atoms with Crippen molar-refractivity contribution < 1.29 is 0 Å². The molecule has 3 nitrogen and oxygen atoms in total. The van der Waals surface area contributed by atoms with Crippen molar-refractivity contribution in [2.45, 2.75) is 6.04 Å². The average Bonchev–Trinajstić information content (AvgIpc) is 2.48. The first-order valence-corrected chi connectivity index (χ1v) is 7.19. The molecular weight excluding hydrogens is 314 g/mol. The molecule has 0 bridgehead atoms. The SMILES string of the molecule is CNC(c1cncc(Br)c1)c1cncc2ccccc12. The number of aromatic nitrogens is 2. The largest absolute Gasteiger partial charge is 0.309 e. The highest BCUT2D eigenvalue weighted by Gasteiger charge is 2.15. The Morgan fingerprint density at radius 1 is 1.05 bits per heavy atom. The minimum absolute atomic E-state index is 0.0681. The summed E-state index contributed by atoms with van der Waals surface area (Å²) in [6.45, 7) is 0. The second-order valence-electron chi connectivity index (χ2n) is 4.61. The number of hydrogen-bond acceptors (Lipinski definition) is 3. The highest BCUT2D eigenvalue weighted by Crippen LogP contribution is 2.28. The van der Waals surface area contributed by atoms with Crippen LogP contribution >= 0.6 is 15.9 Å². The van der Waals surface area contributed by atoms with E-state index in [1.165, 1.54) is 5.39 Å². The molecule has 0 radical (unpaired) electrons. The van der Waals surface area contributed by atoms with Crippen LogP contribution in [-0.2, 0) is 0 Å². The number of nitrogens with one attached hydrogen (secondary N) is 1. The summed E-state index contributed by atoms with van der Waals surface area (Å²) >= 11 is 3.48. The number of pyridine rings is 2. The van der Waals surface area contributed by atoms with E-state index in [4.69, 9.17) is 0 Å². The molecule has 1 atom stereocenters. The van der Waals surface area contributed by atoms with Gasteiger partial charge in [0.15, 0.2) is 0 Å². The number of rotatable bonds is 3. The van der Waals surface area contributed by atoms with E-state index in [1.807, 2.05) is 31.7 Å². The molecule has 0 aliphatic rings. The van der Waals surface area contributed by atoms with Crippen LogP contribution in [0.5, 0.6) is 0 Å². The fourth-order valence-corrected chi connectivity index (χ4v) is 2.84. The highest BCUT2D eigenvalue weighted by molar-refractivity contribution is 9.10. The van der Waals surface area contributed by atoms with Crippen LogP contribution in [0.2, 0.25) is 0 Å². The van der Waals surface area contributed by atoms with E-state index in [0.29, 0.717) is 0 Å². The van der Waals surface area contributed by atoms with E-state index < -0.39 is 0 Å². The molecule has 2 aromatic heterocycles. The quantitative estimate of drug-likeness (QED) is 0.797. The number of fused-ring (bicyclic) bond motifs is 1. The molecule has 0 spiro atoms. The lowest BCUT2D eigenvalue weighted by Crippen LogP contribution is -2.18. The molecule has 1 aromatic carbocycles. The third-order valence-corrected chi connectivity index (χ3v) is 3.79. The Morgan fingerprint density at radius 3 is 2.65 bits per heavy atom. The van der Waals surface area contributed by atoms with Gasteiger partial charge in [0.05, 0.1) is 6.04 Å². The van der Waals surface area contributed by atoms with Crippen molar-refractivity contribution in [3.8, 4) is 0 Å². The van der Waals surface area contributed by atoms with Crippen LogP contribution in [0.4, 0.5) is 0 Å². The van der Waals surface area contributed by atoms with Gasteiger partial charge in [-0.2, -0.15) is 0 Å². The lowest BCUT2D eigenvalue weighted by molar-refractivity contribution is 0.690. The van der Waals surface area contributed by atoms with Gasteiger partial charge in [0, 0.05) is 34.6 Å². The Hall–Kier alpha value is -1.78. The first-order valence-electron chi connectivity index (χ1n) is 6.40. The summed E-state index contributed by atoms with van der Waals surface area (Å²) in [6.07, 6.45) is 7.49. The fraction of sp³-hybridized carbons (Fsp3) is 0.125. The summed E-state index contributed by atoms with van der Waals surface area (Å²) in [6, 6.07) is 10.4. The van der Waals surface area contributed by atoms with E-state index in [2.05, 4.69) is 55.5 Å². The zero-order chi connectivity index (χ0) is 13.9. The zero-order valence-electron chi connectivity index (χ0n) is 11.0. The molecule has 0 aliphatic heterocycles. The molecule has 0 fully saturated rings. The molecule has 1 unspecified atom stereocenters. The van der Waals surface area contributed by atoms with Gasteiger partial charge >= 0.3 is 0 Å². The van der Waals surface area contributed by atoms with Gasteiger partial charge in [-0.05, 0) is 45.6 Å². The maximum absolute atomic E-state index is 4.36. The van der Waals surface area contributed by atoms with Crippen LogP contribution in [0.15, 0.2) is 59.6 Å². The van der Waals surface area contributed by atoms with Gasteiger partial charge in [0.1, 0.15) is 0 Å². The Morgan fingerprint density at radius 2 is 1.85 bits per heavy atom. The third-order valence-electron chi connectivity index (χ3n) is 3.36. The van der Waals surface area contributed by atoms with Crippen LogP contribution in [0.25, 0.3) is 10.8 Å². The smallest absolute Gasteiger partial charge is 0.0611 e. The lowest BCUT2D eigenvalue weighted by Gasteiger charge is -2.18. The lowest BCUT2D eigenvalue weighted by atomic mass is 9.97. The fourth-order valence-electron chi connectivity index (χ4n) is 2.46. The molecule has 20 heavy (non-hydrogen) atoms. The normalized spacial score (nSPS) is 12.5. The van der Waals surface area contributed by atoms with Crippen molar-refractivity contribution >= 4 is 26.7 Å². The third kappa shape index (κ3) is 2.44. The molecule has 3 rings (SSSR count). The molecular formula is C16H14BrN3. The van der Waals surface area contributed by atoms with Gasteiger partial charge in [-0.1, -0.05) is 24.3 Å². The van der Waals surface area contributed by atoms with Gasteiger partial charge < -0.3 is 5.32 Å². The zero-order valence-corrected chi connectivity index (χ0v) is 12.6. The summed E-state index contributed by atoms with van der Waals surface area (Å²) in [7, 11) is 1.95. The van der Waals surface area contributed by atoms with Gasteiger partial charge in [-0.3, -0.25) is 9.97 Å². The van der Waals surface area contributed by atoms with E-state index >= 15 is 0 Å². The van der Waals surface area contributed by atoms with Crippen LogP contribution in [0, 0.1) is 0 Å².